The molecular formula is C16H23NO2. The van der Waals surface area contributed by atoms with Crippen LogP contribution in [0, 0.1) is 0 Å². The molecule has 1 aromatic carbocycles. The lowest BCUT2D eigenvalue weighted by Crippen LogP contribution is -2.50. The molecule has 0 aliphatic carbocycles. The zero-order chi connectivity index (χ0) is 13.2. The number of aliphatic hydroxyl groups excluding tert-OH is 1. The average molecular weight is 261 g/mol. The summed E-state index contributed by atoms with van der Waals surface area (Å²) in [4.78, 5) is 2.42. The van der Waals surface area contributed by atoms with Crippen LogP contribution in [0.25, 0.3) is 0 Å². The minimum absolute atomic E-state index is 0.199. The van der Waals surface area contributed by atoms with Crippen molar-refractivity contribution in [2.75, 3.05) is 6.61 Å². The molecule has 0 radical (unpaired) electrons. The lowest BCUT2D eigenvalue weighted by atomic mass is 9.92. The van der Waals surface area contributed by atoms with E-state index in [1.807, 2.05) is 6.07 Å². The first-order valence-corrected chi connectivity index (χ1v) is 7.43. The molecule has 0 aromatic heterocycles. The molecule has 104 valence electrons. The van der Waals surface area contributed by atoms with E-state index < -0.39 is 0 Å². The van der Waals surface area contributed by atoms with Crippen LogP contribution in [0.15, 0.2) is 30.3 Å². The summed E-state index contributed by atoms with van der Waals surface area (Å²) < 4.78 is 5.96. The van der Waals surface area contributed by atoms with Crippen molar-refractivity contribution < 1.29 is 9.84 Å². The largest absolute Gasteiger partial charge is 0.392 e. The van der Waals surface area contributed by atoms with E-state index in [-0.39, 0.29) is 18.4 Å². The van der Waals surface area contributed by atoms with Crippen molar-refractivity contribution >= 4 is 0 Å². The summed E-state index contributed by atoms with van der Waals surface area (Å²) in [6, 6.07) is 11.1. The van der Waals surface area contributed by atoms with Gasteiger partial charge in [-0.25, -0.2) is 0 Å². The molecule has 2 heterocycles. The summed E-state index contributed by atoms with van der Waals surface area (Å²) >= 11 is 0. The summed E-state index contributed by atoms with van der Waals surface area (Å²) in [7, 11) is 0. The maximum Gasteiger partial charge on any atom is 0.111 e. The van der Waals surface area contributed by atoms with Gasteiger partial charge >= 0.3 is 0 Å². The number of rotatable bonds is 3. The zero-order valence-corrected chi connectivity index (χ0v) is 11.5. The minimum atomic E-state index is -0.240. The van der Waals surface area contributed by atoms with Crippen molar-refractivity contribution in [3.8, 4) is 0 Å². The molecule has 4 unspecified atom stereocenters. The fourth-order valence-corrected chi connectivity index (χ4v) is 3.51. The highest BCUT2D eigenvalue weighted by molar-refractivity contribution is 5.21. The van der Waals surface area contributed by atoms with E-state index in [9.17, 15) is 5.11 Å². The predicted molar refractivity (Wildman–Crippen MR) is 74.7 cm³/mol. The average Bonchev–Trinajstić information content (AvgIpc) is 2.91. The molecular weight excluding hydrogens is 238 g/mol. The van der Waals surface area contributed by atoms with E-state index >= 15 is 0 Å². The zero-order valence-electron chi connectivity index (χ0n) is 11.5. The first kappa shape index (κ1) is 13.1. The third-order valence-corrected chi connectivity index (χ3v) is 4.52. The molecule has 4 atom stereocenters. The maximum atomic E-state index is 10.3. The van der Waals surface area contributed by atoms with Gasteiger partial charge in [-0.3, -0.25) is 4.90 Å². The molecule has 0 spiro atoms. The van der Waals surface area contributed by atoms with Crippen LogP contribution in [-0.2, 0) is 4.74 Å². The van der Waals surface area contributed by atoms with Gasteiger partial charge in [-0.05, 0) is 31.2 Å². The van der Waals surface area contributed by atoms with Gasteiger partial charge in [0.05, 0.1) is 18.8 Å². The number of hydrogen-bond donors (Lipinski definition) is 1. The molecule has 3 nitrogen and oxygen atoms in total. The number of piperidine rings is 1. The van der Waals surface area contributed by atoms with Crippen molar-refractivity contribution in [3.63, 3.8) is 0 Å². The number of hydrogen-bond acceptors (Lipinski definition) is 3. The molecule has 2 aliphatic rings. The van der Waals surface area contributed by atoms with E-state index in [0.717, 1.165) is 32.3 Å². The second-order valence-electron chi connectivity index (χ2n) is 5.64. The SMILES string of the molecule is CCC(O)C1CCCC2OCC(c3ccccc3)N21. The minimum Gasteiger partial charge on any atom is -0.392 e. The molecule has 2 aliphatic heterocycles. The van der Waals surface area contributed by atoms with Crippen LogP contribution >= 0.6 is 0 Å². The summed E-state index contributed by atoms with van der Waals surface area (Å²) in [6.45, 7) is 2.81. The van der Waals surface area contributed by atoms with E-state index in [4.69, 9.17) is 4.74 Å². The normalized spacial score (nSPS) is 33.1. The van der Waals surface area contributed by atoms with E-state index in [1.165, 1.54) is 5.56 Å². The van der Waals surface area contributed by atoms with Crippen LogP contribution in [0.4, 0.5) is 0 Å². The molecule has 1 aromatic rings. The highest BCUT2D eigenvalue weighted by Crippen LogP contribution is 2.39. The number of aliphatic hydroxyl groups is 1. The van der Waals surface area contributed by atoms with E-state index in [1.54, 1.807) is 0 Å². The standard InChI is InChI=1S/C16H23NO2/c1-2-15(18)13-9-6-10-16-17(13)14(11-19-16)12-7-4-3-5-8-12/h3-5,7-8,13-16,18H,2,6,9-11H2,1H3. The Hall–Kier alpha value is -0.900. The van der Waals surface area contributed by atoms with Gasteiger partial charge in [-0.15, -0.1) is 0 Å². The summed E-state index contributed by atoms with van der Waals surface area (Å²) in [5.41, 5.74) is 1.31. The Morgan fingerprint density at radius 2 is 2.11 bits per heavy atom. The Labute approximate surface area is 115 Å². The van der Waals surface area contributed by atoms with Crippen LogP contribution in [-0.4, -0.2) is 35.0 Å². The maximum absolute atomic E-state index is 10.3. The summed E-state index contributed by atoms with van der Waals surface area (Å²) in [5, 5.41) is 10.3. The molecule has 2 fully saturated rings. The van der Waals surface area contributed by atoms with E-state index in [2.05, 4.69) is 36.1 Å². The van der Waals surface area contributed by atoms with Gasteiger partial charge in [-0.1, -0.05) is 37.3 Å². The lowest BCUT2D eigenvalue weighted by Gasteiger charge is -2.41. The van der Waals surface area contributed by atoms with Crippen LogP contribution in [0.3, 0.4) is 0 Å². The van der Waals surface area contributed by atoms with Crippen LogP contribution in [0.1, 0.15) is 44.2 Å². The molecule has 1 N–H and O–H groups in total. The molecule has 3 rings (SSSR count). The number of nitrogens with zero attached hydrogens (tertiary/aromatic N) is 1. The van der Waals surface area contributed by atoms with Crippen LogP contribution in [0.2, 0.25) is 0 Å². The van der Waals surface area contributed by atoms with Gasteiger partial charge in [0.2, 0.25) is 0 Å². The highest BCUT2D eigenvalue weighted by atomic mass is 16.5. The second kappa shape index (κ2) is 5.61. The number of benzene rings is 1. The van der Waals surface area contributed by atoms with Crippen molar-refractivity contribution in [3.05, 3.63) is 35.9 Å². The molecule has 0 amide bonds. The van der Waals surface area contributed by atoms with Crippen LogP contribution in [0.5, 0.6) is 0 Å². The monoisotopic (exact) mass is 261 g/mol. The molecule has 19 heavy (non-hydrogen) atoms. The van der Waals surface area contributed by atoms with Gasteiger partial charge < -0.3 is 9.84 Å². The summed E-state index contributed by atoms with van der Waals surface area (Å²) in [6.07, 6.45) is 4.11. The van der Waals surface area contributed by atoms with Crippen molar-refractivity contribution in [2.24, 2.45) is 0 Å². The Kier molecular flexibility index (Phi) is 3.87. The predicted octanol–water partition coefficient (Wildman–Crippen LogP) is 2.71. The number of ether oxygens (including phenoxy) is 1. The quantitative estimate of drug-likeness (QED) is 0.908. The second-order valence-corrected chi connectivity index (χ2v) is 5.64. The van der Waals surface area contributed by atoms with Gasteiger partial charge in [0, 0.05) is 6.04 Å². The highest BCUT2D eigenvalue weighted by Gasteiger charge is 2.43. The fraction of sp³-hybridized carbons (Fsp3) is 0.625. The Bertz CT molecular complexity index is 408. The smallest absolute Gasteiger partial charge is 0.111 e. The molecule has 0 bridgehead atoms. The van der Waals surface area contributed by atoms with Crippen molar-refractivity contribution in [1.82, 2.24) is 4.90 Å². The van der Waals surface area contributed by atoms with Gasteiger partial charge in [-0.2, -0.15) is 0 Å². The molecule has 0 saturated carbocycles. The Morgan fingerprint density at radius 3 is 2.84 bits per heavy atom. The third-order valence-electron chi connectivity index (χ3n) is 4.52. The first-order valence-electron chi connectivity index (χ1n) is 7.43. The fourth-order valence-electron chi connectivity index (χ4n) is 3.51. The van der Waals surface area contributed by atoms with Gasteiger partial charge in [0.1, 0.15) is 6.23 Å². The summed E-state index contributed by atoms with van der Waals surface area (Å²) in [5.74, 6) is 0. The van der Waals surface area contributed by atoms with E-state index in [0.29, 0.717) is 6.04 Å². The van der Waals surface area contributed by atoms with Gasteiger partial charge in [0.25, 0.3) is 0 Å². The lowest BCUT2D eigenvalue weighted by molar-refractivity contribution is -0.0654. The van der Waals surface area contributed by atoms with Crippen molar-refractivity contribution in [2.45, 2.75) is 57.0 Å². The Balaban J connectivity index is 1.86. The third kappa shape index (κ3) is 2.42. The van der Waals surface area contributed by atoms with Crippen LogP contribution < -0.4 is 0 Å². The number of fused-ring (bicyclic) bond motifs is 1. The Morgan fingerprint density at radius 1 is 1.32 bits per heavy atom. The molecule has 3 heteroatoms. The first-order chi connectivity index (χ1) is 9.31. The van der Waals surface area contributed by atoms with Gasteiger partial charge in [0.15, 0.2) is 0 Å². The molecule has 2 saturated heterocycles. The topological polar surface area (TPSA) is 32.7 Å². The van der Waals surface area contributed by atoms with Crippen molar-refractivity contribution in [1.29, 1.82) is 0 Å².